The number of benzene rings is 1. The van der Waals surface area contributed by atoms with Gasteiger partial charge >= 0.3 is 0 Å². The Kier molecular flexibility index (Phi) is 6.17. The van der Waals surface area contributed by atoms with Crippen molar-refractivity contribution >= 4 is 10.0 Å². The van der Waals surface area contributed by atoms with Crippen LogP contribution >= 0.6 is 0 Å². The number of hydrogen-bond acceptors (Lipinski definition) is 4. The Hall–Kier alpha value is -0.950. The highest BCUT2D eigenvalue weighted by Crippen LogP contribution is 2.12. The molecule has 2 N–H and O–H groups in total. The van der Waals surface area contributed by atoms with E-state index >= 15 is 0 Å². The van der Waals surface area contributed by atoms with E-state index in [1.54, 1.807) is 0 Å². The molecule has 1 aromatic rings. The van der Waals surface area contributed by atoms with Gasteiger partial charge in [-0.15, -0.1) is 0 Å². The number of nitrogens with one attached hydrogen (secondary N) is 2. The molecule has 0 saturated carbocycles. The van der Waals surface area contributed by atoms with E-state index in [4.69, 9.17) is 4.74 Å². The number of ether oxygens (including phenoxy) is 1. The van der Waals surface area contributed by atoms with Crippen LogP contribution in [0.4, 0.5) is 0 Å². The van der Waals surface area contributed by atoms with Crippen molar-refractivity contribution in [1.29, 1.82) is 0 Å². The average molecular weight is 312 g/mol. The van der Waals surface area contributed by atoms with Gasteiger partial charge in [0.05, 0.1) is 5.75 Å². The standard InChI is InChI=1S/C15H24N2O3S/c1-2-16-11-13-4-3-5-14(10-13)12-21(18,19)17-15-6-8-20-9-7-15/h3-5,10,15-17H,2,6-9,11-12H2,1H3. The lowest BCUT2D eigenvalue weighted by Crippen LogP contribution is -2.39. The molecule has 0 unspecified atom stereocenters. The maximum atomic E-state index is 12.2. The molecule has 0 bridgehead atoms. The molecule has 118 valence electrons. The van der Waals surface area contributed by atoms with E-state index in [-0.39, 0.29) is 11.8 Å². The first-order chi connectivity index (χ1) is 10.1. The molecule has 1 saturated heterocycles. The maximum Gasteiger partial charge on any atom is 0.216 e. The van der Waals surface area contributed by atoms with E-state index in [2.05, 4.69) is 10.0 Å². The molecule has 5 nitrogen and oxygen atoms in total. The SMILES string of the molecule is CCNCc1cccc(CS(=O)(=O)NC2CCOCC2)c1. The van der Waals surface area contributed by atoms with Gasteiger partial charge in [-0.1, -0.05) is 31.2 Å². The third-order valence-corrected chi connectivity index (χ3v) is 4.90. The molecule has 0 spiro atoms. The molecule has 0 radical (unpaired) electrons. The van der Waals surface area contributed by atoms with Gasteiger partial charge in [0, 0.05) is 25.8 Å². The van der Waals surface area contributed by atoms with Crippen LogP contribution in [0.1, 0.15) is 30.9 Å². The third kappa shape index (κ3) is 5.74. The van der Waals surface area contributed by atoms with Crippen molar-refractivity contribution in [2.45, 2.75) is 38.1 Å². The van der Waals surface area contributed by atoms with Crippen molar-refractivity contribution in [2.24, 2.45) is 0 Å². The zero-order valence-electron chi connectivity index (χ0n) is 12.5. The van der Waals surface area contributed by atoms with Crippen LogP contribution in [-0.2, 0) is 27.1 Å². The first-order valence-corrected chi connectivity index (χ1v) is 9.10. The molecular weight excluding hydrogens is 288 g/mol. The first kappa shape index (κ1) is 16.4. The molecule has 2 rings (SSSR count). The highest BCUT2D eigenvalue weighted by atomic mass is 32.2. The Morgan fingerprint density at radius 3 is 2.67 bits per heavy atom. The third-order valence-electron chi connectivity index (χ3n) is 3.49. The molecule has 1 aliphatic heterocycles. The Morgan fingerprint density at radius 1 is 1.24 bits per heavy atom. The zero-order valence-corrected chi connectivity index (χ0v) is 13.3. The van der Waals surface area contributed by atoms with Crippen molar-refractivity contribution in [2.75, 3.05) is 19.8 Å². The van der Waals surface area contributed by atoms with Gasteiger partial charge in [0.15, 0.2) is 0 Å². The van der Waals surface area contributed by atoms with E-state index in [0.29, 0.717) is 13.2 Å². The lowest BCUT2D eigenvalue weighted by molar-refractivity contribution is 0.0832. The monoisotopic (exact) mass is 312 g/mol. The molecule has 1 heterocycles. The summed E-state index contributed by atoms with van der Waals surface area (Å²) in [7, 11) is -3.30. The minimum atomic E-state index is -3.30. The normalized spacial score (nSPS) is 17.0. The molecule has 21 heavy (non-hydrogen) atoms. The van der Waals surface area contributed by atoms with Crippen LogP contribution in [0.25, 0.3) is 0 Å². The predicted octanol–water partition coefficient (Wildman–Crippen LogP) is 1.39. The second-order valence-electron chi connectivity index (χ2n) is 5.36. The molecule has 1 aromatic carbocycles. The number of sulfonamides is 1. The summed E-state index contributed by atoms with van der Waals surface area (Å²) >= 11 is 0. The largest absolute Gasteiger partial charge is 0.381 e. The number of hydrogen-bond donors (Lipinski definition) is 2. The lowest BCUT2D eigenvalue weighted by atomic mass is 10.1. The fourth-order valence-electron chi connectivity index (χ4n) is 2.43. The van der Waals surface area contributed by atoms with Crippen LogP contribution in [0.5, 0.6) is 0 Å². The van der Waals surface area contributed by atoms with Crippen LogP contribution in [0.15, 0.2) is 24.3 Å². The van der Waals surface area contributed by atoms with Crippen molar-refractivity contribution in [1.82, 2.24) is 10.0 Å². The van der Waals surface area contributed by atoms with Gasteiger partial charge in [-0.25, -0.2) is 13.1 Å². The van der Waals surface area contributed by atoms with Crippen molar-refractivity contribution in [3.63, 3.8) is 0 Å². The fraction of sp³-hybridized carbons (Fsp3) is 0.600. The van der Waals surface area contributed by atoms with Crippen LogP contribution in [0.3, 0.4) is 0 Å². The minimum Gasteiger partial charge on any atom is -0.381 e. The van der Waals surface area contributed by atoms with Gasteiger partial charge in [0.2, 0.25) is 10.0 Å². The summed E-state index contributed by atoms with van der Waals surface area (Å²) in [6, 6.07) is 7.73. The Balaban J connectivity index is 1.95. The summed E-state index contributed by atoms with van der Waals surface area (Å²) in [6.07, 6.45) is 1.50. The summed E-state index contributed by atoms with van der Waals surface area (Å²) in [5, 5.41) is 3.24. The topological polar surface area (TPSA) is 67.4 Å². The van der Waals surface area contributed by atoms with Gasteiger partial charge in [-0.05, 0) is 30.5 Å². The predicted molar refractivity (Wildman–Crippen MR) is 83.4 cm³/mol. The van der Waals surface area contributed by atoms with Crippen LogP contribution in [0, 0.1) is 0 Å². The molecule has 0 atom stereocenters. The highest BCUT2D eigenvalue weighted by molar-refractivity contribution is 7.88. The second kappa shape index (κ2) is 7.89. The molecule has 6 heteroatoms. The lowest BCUT2D eigenvalue weighted by Gasteiger charge is -2.23. The average Bonchev–Trinajstić information content (AvgIpc) is 2.45. The first-order valence-electron chi connectivity index (χ1n) is 7.45. The molecule has 0 aromatic heterocycles. The van der Waals surface area contributed by atoms with Gasteiger partial charge in [-0.3, -0.25) is 0 Å². The van der Waals surface area contributed by atoms with E-state index in [1.165, 1.54) is 0 Å². The molecule has 0 amide bonds. The van der Waals surface area contributed by atoms with Crippen LogP contribution in [-0.4, -0.2) is 34.2 Å². The van der Waals surface area contributed by atoms with E-state index in [0.717, 1.165) is 37.1 Å². The van der Waals surface area contributed by atoms with Crippen molar-refractivity contribution in [3.05, 3.63) is 35.4 Å². The summed E-state index contributed by atoms with van der Waals surface area (Å²) in [6.45, 7) is 4.97. The summed E-state index contributed by atoms with van der Waals surface area (Å²) in [5.74, 6) is 0.0321. The van der Waals surface area contributed by atoms with E-state index in [1.807, 2.05) is 31.2 Å². The molecule has 0 aliphatic carbocycles. The van der Waals surface area contributed by atoms with Crippen molar-refractivity contribution in [3.8, 4) is 0 Å². The molecular formula is C15H24N2O3S. The van der Waals surface area contributed by atoms with Crippen molar-refractivity contribution < 1.29 is 13.2 Å². The second-order valence-corrected chi connectivity index (χ2v) is 7.12. The minimum absolute atomic E-state index is 0.00805. The number of rotatable bonds is 7. The zero-order chi connectivity index (χ0) is 15.1. The maximum absolute atomic E-state index is 12.2. The Labute approximate surface area is 127 Å². The van der Waals surface area contributed by atoms with E-state index in [9.17, 15) is 8.42 Å². The summed E-state index contributed by atoms with van der Waals surface area (Å²) < 4.78 is 32.5. The highest BCUT2D eigenvalue weighted by Gasteiger charge is 2.20. The smallest absolute Gasteiger partial charge is 0.216 e. The van der Waals surface area contributed by atoms with E-state index < -0.39 is 10.0 Å². The Bertz CT molecular complexity index is 540. The molecule has 1 aliphatic rings. The van der Waals surface area contributed by atoms with Crippen LogP contribution < -0.4 is 10.0 Å². The summed E-state index contributed by atoms with van der Waals surface area (Å²) in [4.78, 5) is 0. The van der Waals surface area contributed by atoms with Gasteiger partial charge in [0.1, 0.15) is 0 Å². The van der Waals surface area contributed by atoms with Crippen LogP contribution in [0.2, 0.25) is 0 Å². The fourth-order valence-corrected chi connectivity index (χ4v) is 3.87. The van der Waals surface area contributed by atoms with Gasteiger partial charge in [0.25, 0.3) is 0 Å². The summed E-state index contributed by atoms with van der Waals surface area (Å²) in [5.41, 5.74) is 1.93. The van der Waals surface area contributed by atoms with Gasteiger partial charge < -0.3 is 10.1 Å². The quantitative estimate of drug-likeness (QED) is 0.798. The Morgan fingerprint density at radius 2 is 1.95 bits per heavy atom. The van der Waals surface area contributed by atoms with Gasteiger partial charge in [-0.2, -0.15) is 0 Å². The molecule has 1 fully saturated rings.